The van der Waals surface area contributed by atoms with Gasteiger partial charge in [0, 0.05) is 37.8 Å². The zero-order chi connectivity index (χ0) is 18.0. The third kappa shape index (κ3) is 4.52. The summed E-state index contributed by atoms with van der Waals surface area (Å²) >= 11 is 1.66. The van der Waals surface area contributed by atoms with E-state index < -0.39 is 5.60 Å². The number of likely N-dealkylation sites (tertiary alicyclic amines) is 1. The second kappa shape index (κ2) is 7.33. The number of imidazole rings is 1. The molecule has 0 bridgehead atoms. The van der Waals surface area contributed by atoms with E-state index in [1.54, 1.807) is 11.3 Å². The molecule has 1 unspecified atom stereocenters. The number of aryl methyl sites for hydroxylation is 1. The van der Waals surface area contributed by atoms with Crippen LogP contribution in [0.25, 0.3) is 4.96 Å². The minimum atomic E-state index is -0.437. The summed E-state index contributed by atoms with van der Waals surface area (Å²) in [5.41, 5.74) is 1.86. The van der Waals surface area contributed by atoms with E-state index in [1.807, 2.05) is 25.7 Å². The van der Waals surface area contributed by atoms with Crippen LogP contribution in [0.2, 0.25) is 0 Å². The summed E-state index contributed by atoms with van der Waals surface area (Å²) in [4.78, 5) is 19.7. The van der Waals surface area contributed by atoms with Gasteiger partial charge in [0.1, 0.15) is 5.60 Å². The Bertz CT molecular complexity index is 731. The second-order valence-corrected chi connectivity index (χ2v) is 8.64. The molecule has 6 nitrogen and oxygen atoms in total. The normalized spacial score (nSPS) is 18.7. The van der Waals surface area contributed by atoms with Crippen molar-refractivity contribution in [2.45, 2.75) is 52.7 Å². The molecule has 0 radical (unpaired) electrons. The molecule has 2 aromatic rings. The van der Waals surface area contributed by atoms with Crippen LogP contribution in [0.1, 0.15) is 45.0 Å². The number of rotatable bonds is 4. The number of hydrogen-bond donors (Lipinski definition) is 1. The van der Waals surface area contributed by atoms with E-state index in [9.17, 15) is 4.79 Å². The van der Waals surface area contributed by atoms with Crippen molar-refractivity contribution in [2.75, 3.05) is 19.6 Å². The molecule has 0 aromatic carbocycles. The van der Waals surface area contributed by atoms with Gasteiger partial charge in [0.15, 0.2) is 4.96 Å². The standard InChI is InChI=1S/C18H28N4O2S/c1-13-15(22-8-9-25-16(22)20-13)11-19-10-14-6-5-7-21(12-14)17(23)24-18(2,3)4/h8-9,14,19H,5-7,10-12H2,1-4H3. The molecule has 1 amide bonds. The molecule has 7 heteroatoms. The average Bonchev–Trinajstić information content (AvgIpc) is 3.08. The molecule has 1 fully saturated rings. The highest BCUT2D eigenvalue weighted by molar-refractivity contribution is 7.15. The molecule has 25 heavy (non-hydrogen) atoms. The highest BCUT2D eigenvalue weighted by Gasteiger charge is 2.27. The fourth-order valence-electron chi connectivity index (χ4n) is 3.27. The van der Waals surface area contributed by atoms with E-state index >= 15 is 0 Å². The lowest BCUT2D eigenvalue weighted by Gasteiger charge is -2.34. The summed E-state index contributed by atoms with van der Waals surface area (Å²) in [5.74, 6) is 0.465. The Hall–Kier alpha value is -1.60. The summed E-state index contributed by atoms with van der Waals surface area (Å²) in [6.45, 7) is 11.0. The predicted octanol–water partition coefficient (Wildman–Crippen LogP) is 3.44. The van der Waals surface area contributed by atoms with E-state index in [0.717, 1.165) is 49.7 Å². The third-order valence-electron chi connectivity index (χ3n) is 4.46. The number of fused-ring (bicyclic) bond motifs is 1. The van der Waals surface area contributed by atoms with Crippen LogP contribution in [0.3, 0.4) is 0 Å². The van der Waals surface area contributed by atoms with Gasteiger partial charge in [-0.15, -0.1) is 11.3 Å². The first-order chi connectivity index (χ1) is 11.8. The van der Waals surface area contributed by atoms with Crippen molar-refractivity contribution in [1.82, 2.24) is 19.6 Å². The van der Waals surface area contributed by atoms with Gasteiger partial charge in [-0.1, -0.05) is 0 Å². The van der Waals surface area contributed by atoms with Crippen LogP contribution in [0.4, 0.5) is 4.79 Å². The van der Waals surface area contributed by atoms with Crippen LogP contribution in [-0.4, -0.2) is 45.6 Å². The zero-order valence-corrected chi connectivity index (χ0v) is 16.4. The van der Waals surface area contributed by atoms with Crippen molar-refractivity contribution >= 4 is 22.4 Å². The number of amides is 1. The highest BCUT2D eigenvalue weighted by Crippen LogP contribution is 2.20. The predicted molar refractivity (Wildman–Crippen MR) is 100 cm³/mol. The fraction of sp³-hybridized carbons (Fsp3) is 0.667. The van der Waals surface area contributed by atoms with Gasteiger partial charge in [0.2, 0.25) is 0 Å². The van der Waals surface area contributed by atoms with E-state index in [1.165, 1.54) is 5.69 Å². The van der Waals surface area contributed by atoms with Crippen molar-refractivity contribution < 1.29 is 9.53 Å². The van der Waals surface area contributed by atoms with Gasteiger partial charge in [-0.3, -0.25) is 4.40 Å². The lowest BCUT2D eigenvalue weighted by atomic mass is 9.98. The quantitative estimate of drug-likeness (QED) is 0.903. The molecule has 1 N–H and O–H groups in total. The van der Waals surface area contributed by atoms with E-state index in [0.29, 0.717) is 5.92 Å². The van der Waals surface area contributed by atoms with Crippen LogP contribution in [0.15, 0.2) is 11.6 Å². The maximum absolute atomic E-state index is 12.3. The molecular formula is C18H28N4O2S. The summed E-state index contributed by atoms with van der Waals surface area (Å²) in [6, 6.07) is 0. The number of thiazole rings is 1. The molecule has 2 aromatic heterocycles. The summed E-state index contributed by atoms with van der Waals surface area (Å²) < 4.78 is 7.65. The number of piperidine rings is 1. The number of hydrogen-bond acceptors (Lipinski definition) is 5. The number of carbonyl (C=O) groups excluding carboxylic acids is 1. The molecule has 138 valence electrons. The first-order valence-corrected chi connectivity index (χ1v) is 9.81. The van der Waals surface area contributed by atoms with Crippen LogP contribution in [0.5, 0.6) is 0 Å². The largest absolute Gasteiger partial charge is 0.444 e. The number of nitrogens with zero attached hydrogens (tertiary/aromatic N) is 3. The average molecular weight is 365 g/mol. The maximum atomic E-state index is 12.3. The zero-order valence-electron chi connectivity index (χ0n) is 15.5. The summed E-state index contributed by atoms with van der Waals surface area (Å²) in [7, 11) is 0. The Morgan fingerprint density at radius 3 is 3.04 bits per heavy atom. The van der Waals surface area contributed by atoms with Crippen molar-refractivity contribution in [3.8, 4) is 0 Å². The van der Waals surface area contributed by atoms with Gasteiger partial charge in [-0.2, -0.15) is 0 Å². The van der Waals surface area contributed by atoms with E-state index in [-0.39, 0.29) is 6.09 Å². The first-order valence-electron chi connectivity index (χ1n) is 8.93. The van der Waals surface area contributed by atoms with Crippen molar-refractivity contribution in [2.24, 2.45) is 5.92 Å². The third-order valence-corrected chi connectivity index (χ3v) is 5.21. The van der Waals surface area contributed by atoms with Gasteiger partial charge >= 0.3 is 6.09 Å². The number of nitrogens with one attached hydrogen (secondary N) is 1. The molecule has 1 atom stereocenters. The number of carbonyl (C=O) groups is 1. The molecule has 1 aliphatic rings. The SMILES string of the molecule is Cc1nc2sccn2c1CNCC1CCCN(C(=O)OC(C)(C)C)C1. The van der Waals surface area contributed by atoms with Gasteiger partial charge in [-0.25, -0.2) is 9.78 Å². The smallest absolute Gasteiger partial charge is 0.410 e. The maximum Gasteiger partial charge on any atom is 0.410 e. The van der Waals surface area contributed by atoms with Gasteiger partial charge in [-0.05, 0) is 46.5 Å². The number of ether oxygens (including phenoxy) is 1. The van der Waals surface area contributed by atoms with Crippen LogP contribution in [0, 0.1) is 12.8 Å². The van der Waals surface area contributed by atoms with Crippen molar-refractivity contribution in [1.29, 1.82) is 0 Å². The Labute approximate surface area is 153 Å². The van der Waals surface area contributed by atoms with Gasteiger partial charge < -0.3 is 15.0 Å². The van der Waals surface area contributed by atoms with Crippen LogP contribution in [-0.2, 0) is 11.3 Å². The number of aromatic nitrogens is 2. The molecule has 0 aliphatic carbocycles. The topological polar surface area (TPSA) is 58.9 Å². The highest BCUT2D eigenvalue weighted by atomic mass is 32.1. The molecule has 0 saturated carbocycles. The minimum Gasteiger partial charge on any atom is -0.444 e. The van der Waals surface area contributed by atoms with Gasteiger partial charge in [0.05, 0.1) is 11.4 Å². The monoisotopic (exact) mass is 364 g/mol. The Morgan fingerprint density at radius 2 is 2.28 bits per heavy atom. The Kier molecular flexibility index (Phi) is 5.34. The Morgan fingerprint density at radius 1 is 1.48 bits per heavy atom. The summed E-state index contributed by atoms with van der Waals surface area (Å²) in [6.07, 6.45) is 4.06. The second-order valence-electron chi connectivity index (χ2n) is 7.77. The van der Waals surface area contributed by atoms with E-state index in [2.05, 4.69) is 33.2 Å². The Balaban J connectivity index is 1.50. The minimum absolute atomic E-state index is 0.191. The van der Waals surface area contributed by atoms with Gasteiger partial charge in [0.25, 0.3) is 0 Å². The lowest BCUT2D eigenvalue weighted by molar-refractivity contribution is 0.0166. The molecule has 1 saturated heterocycles. The van der Waals surface area contributed by atoms with Crippen LogP contribution >= 0.6 is 11.3 Å². The lowest BCUT2D eigenvalue weighted by Crippen LogP contribution is -2.45. The fourth-order valence-corrected chi connectivity index (χ4v) is 4.05. The molecule has 0 spiro atoms. The molecular weight excluding hydrogens is 336 g/mol. The van der Waals surface area contributed by atoms with Crippen molar-refractivity contribution in [3.63, 3.8) is 0 Å². The molecule has 1 aliphatic heterocycles. The molecule has 3 heterocycles. The molecule has 3 rings (SSSR count). The first kappa shape index (κ1) is 18.2. The van der Waals surface area contributed by atoms with Crippen LogP contribution < -0.4 is 5.32 Å². The van der Waals surface area contributed by atoms with Crippen molar-refractivity contribution in [3.05, 3.63) is 23.0 Å². The summed E-state index contributed by atoms with van der Waals surface area (Å²) in [5, 5.41) is 5.61. The van der Waals surface area contributed by atoms with E-state index in [4.69, 9.17) is 4.74 Å².